The van der Waals surface area contributed by atoms with Crippen molar-refractivity contribution >= 4 is 17.9 Å². The standard InChI is InChI=1S/C59H100O6/c1-4-7-10-13-16-19-22-25-27-29-31-32-34-37-40-43-46-49-52-58(61)64-55-56(54-63-57(60)51-48-45-42-39-36-24-21-18-15-12-9-6-3)65-59(62)53-50-47-44-41-38-35-33-30-28-26-23-20-17-14-11-8-5-2/h9,12,17-18,20-22,25-29,31-32,56H,4-8,10-11,13-16,19,23-24,30,33-55H2,1-3H3/b12-9-,20-17-,21-18-,25-22-,28-26-,29-27-,32-31-. The third kappa shape index (κ3) is 51.4. The fraction of sp³-hybridized carbons (Fsp3) is 0.712. The molecule has 0 aromatic heterocycles. The van der Waals surface area contributed by atoms with Crippen LogP contribution in [0.25, 0.3) is 0 Å². The van der Waals surface area contributed by atoms with Crippen molar-refractivity contribution < 1.29 is 28.6 Å². The summed E-state index contributed by atoms with van der Waals surface area (Å²) in [7, 11) is 0. The van der Waals surface area contributed by atoms with Crippen LogP contribution in [-0.4, -0.2) is 37.2 Å². The Bertz CT molecular complexity index is 1270. The molecule has 0 N–H and O–H groups in total. The zero-order valence-corrected chi connectivity index (χ0v) is 42.5. The Morgan fingerprint density at radius 3 is 1.08 bits per heavy atom. The smallest absolute Gasteiger partial charge is 0.306 e. The predicted molar refractivity (Wildman–Crippen MR) is 279 cm³/mol. The summed E-state index contributed by atoms with van der Waals surface area (Å²) in [6, 6.07) is 0. The van der Waals surface area contributed by atoms with E-state index in [-0.39, 0.29) is 31.1 Å². The monoisotopic (exact) mass is 905 g/mol. The van der Waals surface area contributed by atoms with Crippen LogP contribution in [0.2, 0.25) is 0 Å². The Balaban J connectivity index is 4.44. The van der Waals surface area contributed by atoms with Crippen molar-refractivity contribution in [3.05, 3.63) is 85.1 Å². The number of ether oxygens (including phenoxy) is 3. The second-order valence-electron chi connectivity index (χ2n) is 17.8. The molecule has 0 aliphatic carbocycles. The quantitative estimate of drug-likeness (QED) is 0.0199. The van der Waals surface area contributed by atoms with Crippen molar-refractivity contribution in [2.45, 2.75) is 258 Å². The van der Waals surface area contributed by atoms with Crippen molar-refractivity contribution in [3.8, 4) is 0 Å². The molecule has 0 saturated heterocycles. The molecular formula is C59H100O6. The van der Waals surface area contributed by atoms with Gasteiger partial charge in [0.1, 0.15) is 13.2 Å². The van der Waals surface area contributed by atoms with E-state index in [1.807, 2.05) is 0 Å². The van der Waals surface area contributed by atoms with Crippen LogP contribution in [0.1, 0.15) is 252 Å². The highest BCUT2D eigenvalue weighted by Gasteiger charge is 2.19. The molecule has 0 saturated carbocycles. The summed E-state index contributed by atoms with van der Waals surface area (Å²) in [5.74, 6) is -0.935. The van der Waals surface area contributed by atoms with E-state index < -0.39 is 6.10 Å². The van der Waals surface area contributed by atoms with Crippen molar-refractivity contribution in [1.29, 1.82) is 0 Å². The lowest BCUT2D eigenvalue weighted by atomic mass is 10.1. The Labute approximate surface area is 401 Å². The second-order valence-corrected chi connectivity index (χ2v) is 17.8. The molecule has 0 bridgehead atoms. The minimum atomic E-state index is -0.795. The van der Waals surface area contributed by atoms with E-state index in [1.54, 1.807) is 0 Å². The lowest BCUT2D eigenvalue weighted by Crippen LogP contribution is -2.30. The molecule has 0 rings (SSSR count). The highest BCUT2D eigenvalue weighted by molar-refractivity contribution is 5.71. The molecule has 0 heterocycles. The van der Waals surface area contributed by atoms with E-state index in [4.69, 9.17) is 14.2 Å². The number of esters is 3. The molecule has 6 nitrogen and oxygen atoms in total. The molecular weight excluding hydrogens is 805 g/mol. The fourth-order valence-electron chi connectivity index (χ4n) is 7.33. The van der Waals surface area contributed by atoms with Gasteiger partial charge >= 0.3 is 17.9 Å². The maximum atomic E-state index is 12.8. The molecule has 0 radical (unpaired) electrons. The molecule has 0 fully saturated rings. The van der Waals surface area contributed by atoms with Gasteiger partial charge in [-0.1, -0.05) is 215 Å². The molecule has 0 amide bonds. The summed E-state index contributed by atoms with van der Waals surface area (Å²) in [4.78, 5) is 38.0. The Morgan fingerprint density at radius 1 is 0.338 bits per heavy atom. The van der Waals surface area contributed by atoms with Crippen LogP contribution in [0.15, 0.2) is 85.1 Å². The molecule has 0 spiro atoms. The summed E-state index contributed by atoms with van der Waals surface area (Å²) < 4.78 is 16.8. The lowest BCUT2D eigenvalue weighted by Gasteiger charge is -2.18. The zero-order chi connectivity index (χ0) is 47.2. The fourth-order valence-corrected chi connectivity index (χ4v) is 7.33. The van der Waals surface area contributed by atoms with Gasteiger partial charge in [-0.2, -0.15) is 0 Å². The maximum absolute atomic E-state index is 12.8. The normalized spacial score (nSPS) is 12.7. The molecule has 0 aromatic rings. The third-order valence-corrected chi connectivity index (χ3v) is 11.4. The van der Waals surface area contributed by atoms with Crippen LogP contribution >= 0.6 is 0 Å². The van der Waals surface area contributed by atoms with Crippen LogP contribution in [-0.2, 0) is 28.6 Å². The van der Waals surface area contributed by atoms with Crippen molar-refractivity contribution in [1.82, 2.24) is 0 Å². The van der Waals surface area contributed by atoms with Gasteiger partial charge in [0.15, 0.2) is 6.10 Å². The van der Waals surface area contributed by atoms with Crippen molar-refractivity contribution in [2.24, 2.45) is 0 Å². The molecule has 0 aliphatic rings. The van der Waals surface area contributed by atoms with E-state index in [2.05, 4.69) is 106 Å². The first-order valence-electron chi connectivity index (χ1n) is 27.1. The SMILES string of the molecule is CC/C=C\C/C=C\CCCCCCCC(=O)OCC(COC(=O)CCCCCCC\C=C/C=C\C=C/CCCCCCC)OC(=O)CCCCCCCCC/C=C\C/C=C\CCCCC. The van der Waals surface area contributed by atoms with Gasteiger partial charge in [-0.3, -0.25) is 14.4 Å². The van der Waals surface area contributed by atoms with Crippen molar-refractivity contribution in [3.63, 3.8) is 0 Å². The van der Waals surface area contributed by atoms with Crippen LogP contribution in [0.5, 0.6) is 0 Å². The highest BCUT2D eigenvalue weighted by atomic mass is 16.6. The number of carbonyl (C=O) groups is 3. The van der Waals surface area contributed by atoms with E-state index in [0.717, 1.165) is 128 Å². The first-order chi connectivity index (χ1) is 32.0. The molecule has 372 valence electrons. The predicted octanol–water partition coefficient (Wildman–Crippen LogP) is 18.0. The zero-order valence-electron chi connectivity index (χ0n) is 42.5. The first kappa shape index (κ1) is 61.6. The molecule has 6 heteroatoms. The Kier molecular flexibility index (Phi) is 50.4. The largest absolute Gasteiger partial charge is 0.462 e. The summed E-state index contributed by atoms with van der Waals surface area (Å²) >= 11 is 0. The number of hydrogen-bond donors (Lipinski definition) is 0. The van der Waals surface area contributed by atoms with Crippen molar-refractivity contribution in [2.75, 3.05) is 13.2 Å². The molecule has 1 unspecified atom stereocenters. The summed E-state index contributed by atoms with van der Waals surface area (Å²) in [6.45, 7) is 6.45. The summed E-state index contributed by atoms with van der Waals surface area (Å²) in [5, 5.41) is 0. The number of rotatable bonds is 48. The number of allylic oxidation sites excluding steroid dienone is 14. The van der Waals surface area contributed by atoms with E-state index in [0.29, 0.717) is 19.3 Å². The van der Waals surface area contributed by atoms with Gasteiger partial charge in [0, 0.05) is 19.3 Å². The molecule has 0 aliphatic heterocycles. The summed E-state index contributed by atoms with van der Waals surface area (Å²) in [6.07, 6.45) is 68.5. The molecule has 0 aromatic carbocycles. The van der Waals surface area contributed by atoms with Crippen LogP contribution in [0, 0.1) is 0 Å². The molecule has 65 heavy (non-hydrogen) atoms. The lowest BCUT2D eigenvalue weighted by molar-refractivity contribution is -0.167. The van der Waals surface area contributed by atoms with Crippen LogP contribution in [0.3, 0.4) is 0 Å². The Morgan fingerprint density at radius 2 is 0.662 bits per heavy atom. The van der Waals surface area contributed by atoms with Crippen LogP contribution < -0.4 is 0 Å². The second kappa shape index (κ2) is 53.2. The van der Waals surface area contributed by atoms with Gasteiger partial charge in [-0.15, -0.1) is 0 Å². The topological polar surface area (TPSA) is 78.9 Å². The number of carbonyl (C=O) groups excluding carboxylic acids is 3. The average molecular weight is 905 g/mol. The van der Waals surface area contributed by atoms with E-state index in [1.165, 1.54) is 83.5 Å². The van der Waals surface area contributed by atoms with E-state index in [9.17, 15) is 14.4 Å². The van der Waals surface area contributed by atoms with Gasteiger partial charge in [-0.05, 0) is 103 Å². The van der Waals surface area contributed by atoms with Gasteiger partial charge in [0.25, 0.3) is 0 Å². The average Bonchev–Trinajstić information content (AvgIpc) is 3.30. The Hall–Kier alpha value is -3.41. The van der Waals surface area contributed by atoms with E-state index >= 15 is 0 Å². The summed E-state index contributed by atoms with van der Waals surface area (Å²) in [5.41, 5.74) is 0. The van der Waals surface area contributed by atoms with Crippen LogP contribution in [0.4, 0.5) is 0 Å². The number of unbranched alkanes of at least 4 members (excludes halogenated alkanes) is 25. The maximum Gasteiger partial charge on any atom is 0.306 e. The third-order valence-electron chi connectivity index (χ3n) is 11.4. The highest BCUT2D eigenvalue weighted by Crippen LogP contribution is 2.14. The molecule has 1 atom stereocenters. The first-order valence-corrected chi connectivity index (χ1v) is 27.1. The minimum absolute atomic E-state index is 0.0945. The van der Waals surface area contributed by atoms with Gasteiger partial charge in [-0.25, -0.2) is 0 Å². The van der Waals surface area contributed by atoms with Gasteiger partial charge in [0.2, 0.25) is 0 Å². The van der Waals surface area contributed by atoms with Gasteiger partial charge < -0.3 is 14.2 Å². The minimum Gasteiger partial charge on any atom is -0.462 e. The number of hydrogen-bond acceptors (Lipinski definition) is 6. The van der Waals surface area contributed by atoms with Gasteiger partial charge in [0.05, 0.1) is 0 Å².